The van der Waals surface area contributed by atoms with Gasteiger partial charge in [-0.2, -0.15) is 0 Å². The van der Waals surface area contributed by atoms with Gasteiger partial charge in [0.25, 0.3) is 0 Å². The number of hydrogen-bond donors (Lipinski definition) is 2. The third-order valence-electron chi connectivity index (χ3n) is 1.76. The van der Waals surface area contributed by atoms with E-state index in [1.54, 1.807) is 12.5 Å². The zero-order chi connectivity index (χ0) is 9.84. The lowest BCUT2D eigenvalue weighted by atomic mass is 10.2. The standard InChI is InChI=1S/C9H15N3O/c1-7(2)4-12-6-11-3-9(12)8(10)5-13/h3,6,8,13H,1,4-5,10H2,2H3. The second-order valence-corrected chi connectivity index (χ2v) is 3.19. The predicted octanol–water partition coefficient (Wildman–Crippen LogP) is 0.451. The van der Waals surface area contributed by atoms with E-state index in [1.807, 2.05) is 11.5 Å². The number of nitrogens with zero attached hydrogens (tertiary/aromatic N) is 2. The van der Waals surface area contributed by atoms with Gasteiger partial charge in [0.2, 0.25) is 0 Å². The van der Waals surface area contributed by atoms with Crippen molar-refractivity contribution in [1.29, 1.82) is 0 Å². The molecule has 0 aliphatic heterocycles. The lowest BCUT2D eigenvalue weighted by Crippen LogP contribution is -2.18. The van der Waals surface area contributed by atoms with Crippen LogP contribution in [0.4, 0.5) is 0 Å². The van der Waals surface area contributed by atoms with E-state index in [-0.39, 0.29) is 12.6 Å². The third-order valence-corrected chi connectivity index (χ3v) is 1.76. The Morgan fingerprint density at radius 2 is 2.54 bits per heavy atom. The van der Waals surface area contributed by atoms with Crippen molar-refractivity contribution in [3.8, 4) is 0 Å². The highest BCUT2D eigenvalue weighted by molar-refractivity contribution is 5.07. The highest BCUT2D eigenvalue weighted by Crippen LogP contribution is 2.10. The zero-order valence-electron chi connectivity index (χ0n) is 7.77. The quantitative estimate of drug-likeness (QED) is 0.663. The van der Waals surface area contributed by atoms with Crippen LogP contribution in [-0.4, -0.2) is 21.3 Å². The van der Waals surface area contributed by atoms with Crippen LogP contribution in [0.5, 0.6) is 0 Å². The van der Waals surface area contributed by atoms with E-state index in [0.717, 1.165) is 11.3 Å². The minimum atomic E-state index is -0.359. The first-order valence-corrected chi connectivity index (χ1v) is 4.16. The molecule has 1 rings (SSSR count). The molecule has 0 aliphatic carbocycles. The van der Waals surface area contributed by atoms with Crippen LogP contribution in [0.2, 0.25) is 0 Å². The van der Waals surface area contributed by atoms with E-state index in [2.05, 4.69) is 11.6 Å². The highest BCUT2D eigenvalue weighted by atomic mass is 16.3. The lowest BCUT2D eigenvalue weighted by molar-refractivity contribution is 0.263. The summed E-state index contributed by atoms with van der Waals surface area (Å²) in [7, 11) is 0. The van der Waals surface area contributed by atoms with Crippen LogP contribution in [0.25, 0.3) is 0 Å². The molecule has 4 nitrogen and oxygen atoms in total. The van der Waals surface area contributed by atoms with Gasteiger partial charge in [-0.3, -0.25) is 0 Å². The largest absolute Gasteiger partial charge is 0.394 e. The summed E-state index contributed by atoms with van der Waals surface area (Å²) in [6.45, 7) is 6.37. The van der Waals surface area contributed by atoms with Gasteiger partial charge in [-0.15, -0.1) is 0 Å². The van der Waals surface area contributed by atoms with E-state index < -0.39 is 0 Å². The van der Waals surface area contributed by atoms with Crippen molar-refractivity contribution >= 4 is 0 Å². The topological polar surface area (TPSA) is 64.1 Å². The van der Waals surface area contributed by atoms with Gasteiger partial charge >= 0.3 is 0 Å². The summed E-state index contributed by atoms with van der Waals surface area (Å²) >= 11 is 0. The molecule has 0 bridgehead atoms. The van der Waals surface area contributed by atoms with Gasteiger partial charge in [0, 0.05) is 12.7 Å². The van der Waals surface area contributed by atoms with Crippen LogP contribution in [0.3, 0.4) is 0 Å². The van der Waals surface area contributed by atoms with Crippen molar-refractivity contribution in [2.45, 2.75) is 19.5 Å². The number of rotatable bonds is 4. The van der Waals surface area contributed by atoms with Crippen molar-refractivity contribution in [3.05, 3.63) is 30.4 Å². The van der Waals surface area contributed by atoms with E-state index >= 15 is 0 Å². The van der Waals surface area contributed by atoms with Crippen molar-refractivity contribution in [3.63, 3.8) is 0 Å². The number of allylic oxidation sites excluding steroid dienone is 1. The molecule has 1 atom stereocenters. The molecule has 1 unspecified atom stereocenters. The Balaban J connectivity index is 2.82. The molecule has 3 N–H and O–H groups in total. The molecule has 1 heterocycles. The number of hydrogen-bond acceptors (Lipinski definition) is 3. The molecule has 0 radical (unpaired) electrons. The second-order valence-electron chi connectivity index (χ2n) is 3.19. The Bertz CT molecular complexity index is 293. The fourth-order valence-corrected chi connectivity index (χ4v) is 1.16. The number of imidazole rings is 1. The van der Waals surface area contributed by atoms with Gasteiger partial charge in [-0.25, -0.2) is 4.98 Å². The van der Waals surface area contributed by atoms with Crippen LogP contribution in [0, 0.1) is 0 Å². The molecular formula is C9H15N3O. The Morgan fingerprint density at radius 1 is 1.85 bits per heavy atom. The molecule has 0 spiro atoms. The summed E-state index contributed by atoms with van der Waals surface area (Å²) in [5.41, 5.74) is 7.55. The molecule has 13 heavy (non-hydrogen) atoms. The molecule has 0 amide bonds. The Hall–Kier alpha value is -1.13. The molecule has 1 aromatic rings. The third kappa shape index (κ3) is 2.40. The number of nitrogens with two attached hydrogens (primary N) is 1. The molecule has 1 aromatic heterocycles. The molecular weight excluding hydrogens is 166 g/mol. The van der Waals surface area contributed by atoms with Gasteiger partial charge in [-0.1, -0.05) is 12.2 Å². The monoisotopic (exact) mass is 181 g/mol. The molecule has 0 saturated heterocycles. The van der Waals surface area contributed by atoms with Gasteiger partial charge in [0.1, 0.15) is 0 Å². The summed E-state index contributed by atoms with van der Waals surface area (Å²) in [6, 6.07) is -0.359. The molecule has 0 aromatic carbocycles. The zero-order valence-corrected chi connectivity index (χ0v) is 7.77. The lowest BCUT2D eigenvalue weighted by Gasteiger charge is -2.11. The summed E-state index contributed by atoms with van der Waals surface area (Å²) < 4.78 is 1.89. The van der Waals surface area contributed by atoms with Crippen molar-refractivity contribution in [2.75, 3.05) is 6.61 Å². The van der Waals surface area contributed by atoms with Crippen LogP contribution in [0.1, 0.15) is 18.7 Å². The molecule has 72 valence electrons. The summed E-state index contributed by atoms with van der Waals surface area (Å²) in [5.74, 6) is 0. The van der Waals surface area contributed by atoms with Crippen molar-refractivity contribution in [1.82, 2.24) is 9.55 Å². The van der Waals surface area contributed by atoms with Crippen LogP contribution in [0.15, 0.2) is 24.7 Å². The first kappa shape index (κ1) is 9.95. The molecule has 0 saturated carbocycles. The SMILES string of the molecule is C=C(C)Cn1cncc1C(N)CO. The van der Waals surface area contributed by atoms with Gasteiger partial charge < -0.3 is 15.4 Å². The fourth-order valence-electron chi connectivity index (χ4n) is 1.16. The average molecular weight is 181 g/mol. The summed E-state index contributed by atoms with van der Waals surface area (Å²) in [5, 5.41) is 8.88. The maximum atomic E-state index is 8.88. The molecule has 0 fully saturated rings. The predicted molar refractivity (Wildman–Crippen MR) is 51.1 cm³/mol. The Labute approximate surface area is 77.7 Å². The van der Waals surface area contributed by atoms with Gasteiger partial charge in [0.15, 0.2) is 0 Å². The first-order valence-electron chi connectivity index (χ1n) is 4.16. The summed E-state index contributed by atoms with van der Waals surface area (Å²) in [6.07, 6.45) is 3.36. The van der Waals surface area contributed by atoms with Crippen LogP contribution in [-0.2, 0) is 6.54 Å². The van der Waals surface area contributed by atoms with Crippen molar-refractivity contribution < 1.29 is 5.11 Å². The van der Waals surface area contributed by atoms with Gasteiger partial charge in [-0.05, 0) is 6.92 Å². The maximum absolute atomic E-state index is 8.88. The Morgan fingerprint density at radius 3 is 3.08 bits per heavy atom. The Kier molecular flexibility index (Phi) is 3.22. The second kappa shape index (κ2) is 4.20. The summed E-state index contributed by atoms with van der Waals surface area (Å²) in [4.78, 5) is 3.97. The molecule has 4 heteroatoms. The maximum Gasteiger partial charge on any atom is 0.0951 e. The smallest absolute Gasteiger partial charge is 0.0951 e. The van der Waals surface area contributed by atoms with E-state index in [1.165, 1.54) is 0 Å². The fraction of sp³-hybridized carbons (Fsp3) is 0.444. The molecule has 0 aliphatic rings. The number of aliphatic hydroxyl groups is 1. The highest BCUT2D eigenvalue weighted by Gasteiger charge is 2.09. The first-order chi connectivity index (χ1) is 6.15. The van der Waals surface area contributed by atoms with E-state index in [9.17, 15) is 0 Å². The minimum Gasteiger partial charge on any atom is -0.394 e. The van der Waals surface area contributed by atoms with E-state index in [0.29, 0.717) is 6.54 Å². The minimum absolute atomic E-state index is 0.0676. The average Bonchev–Trinajstić information content (AvgIpc) is 2.50. The van der Waals surface area contributed by atoms with Gasteiger partial charge in [0.05, 0.1) is 24.7 Å². The van der Waals surface area contributed by atoms with E-state index in [4.69, 9.17) is 10.8 Å². The van der Waals surface area contributed by atoms with Crippen LogP contribution >= 0.6 is 0 Å². The number of aromatic nitrogens is 2. The normalized spacial score (nSPS) is 12.8. The van der Waals surface area contributed by atoms with Crippen molar-refractivity contribution in [2.24, 2.45) is 5.73 Å². The number of aliphatic hydroxyl groups excluding tert-OH is 1. The van der Waals surface area contributed by atoms with Crippen LogP contribution < -0.4 is 5.73 Å².